The van der Waals surface area contributed by atoms with Crippen LogP contribution in [0.2, 0.25) is 0 Å². The van der Waals surface area contributed by atoms with Crippen molar-refractivity contribution in [3.8, 4) is 5.75 Å². The molecule has 1 amide bonds. The van der Waals surface area contributed by atoms with Gasteiger partial charge in [0.05, 0.1) is 18.8 Å². The molecule has 7 nitrogen and oxygen atoms in total. The van der Waals surface area contributed by atoms with Crippen LogP contribution in [-0.2, 0) is 22.4 Å². The SMILES string of the molecule is CC(Oc1ccc2c3c(c(=O)oc2c1)CCCC3)C(=O)N1CCOC2(CCNC2)C1. The quantitative estimate of drug-likeness (QED) is 0.777. The van der Waals surface area contributed by atoms with Crippen molar-refractivity contribution in [3.05, 3.63) is 39.7 Å². The van der Waals surface area contributed by atoms with E-state index in [4.69, 9.17) is 13.9 Å². The molecule has 2 saturated heterocycles. The van der Waals surface area contributed by atoms with Gasteiger partial charge in [0.15, 0.2) is 6.10 Å². The van der Waals surface area contributed by atoms with Gasteiger partial charge >= 0.3 is 5.63 Å². The number of nitrogens with one attached hydrogen (secondary N) is 1. The normalized spacial score (nSPS) is 24.8. The molecule has 0 bridgehead atoms. The van der Waals surface area contributed by atoms with E-state index in [1.807, 2.05) is 17.0 Å². The maximum atomic E-state index is 13.0. The van der Waals surface area contributed by atoms with Gasteiger partial charge in [0.25, 0.3) is 5.91 Å². The summed E-state index contributed by atoms with van der Waals surface area (Å²) in [6.07, 6.45) is 4.10. The molecule has 1 N–H and O–H groups in total. The van der Waals surface area contributed by atoms with Crippen molar-refractivity contribution in [3.63, 3.8) is 0 Å². The number of rotatable bonds is 3. The zero-order chi connectivity index (χ0) is 20.7. The third kappa shape index (κ3) is 3.50. The highest BCUT2D eigenvalue weighted by Crippen LogP contribution is 2.30. The molecule has 3 heterocycles. The van der Waals surface area contributed by atoms with Crippen LogP contribution in [0.25, 0.3) is 11.0 Å². The highest BCUT2D eigenvalue weighted by atomic mass is 16.5. The van der Waals surface area contributed by atoms with Gasteiger partial charge in [0, 0.05) is 30.1 Å². The Morgan fingerprint density at radius 1 is 1.27 bits per heavy atom. The number of nitrogens with zero attached hydrogens (tertiary/aromatic N) is 1. The predicted molar refractivity (Wildman–Crippen MR) is 112 cm³/mol. The largest absolute Gasteiger partial charge is 0.481 e. The van der Waals surface area contributed by atoms with Gasteiger partial charge in [-0.2, -0.15) is 0 Å². The van der Waals surface area contributed by atoms with E-state index in [0.717, 1.165) is 61.7 Å². The number of benzene rings is 1. The van der Waals surface area contributed by atoms with E-state index in [0.29, 0.717) is 31.0 Å². The lowest BCUT2D eigenvalue weighted by molar-refractivity contribution is -0.153. The lowest BCUT2D eigenvalue weighted by Gasteiger charge is -2.40. The fraction of sp³-hybridized carbons (Fsp3) is 0.565. The molecule has 2 atom stereocenters. The fourth-order valence-corrected chi connectivity index (χ4v) is 5.02. The first-order chi connectivity index (χ1) is 14.5. The van der Waals surface area contributed by atoms with Crippen molar-refractivity contribution in [2.24, 2.45) is 0 Å². The Hall–Kier alpha value is -2.38. The van der Waals surface area contributed by atoms with Crippen molar-refractivity contribution in [2.75, 3.05) is 32.8 Å². The topological polar surface area (TPSA) is 81.0 Å². The van der Waals surface area contributed by atoms with Crippen molar-refractivity contribution < 1.29 is 18.7 Å². The summed E-state index contributed by atoms with van der Waals surface area (Å²) in [6, 6.07) is 5.54. The zero-order valence-electron chi connectivity index (χ0n) is 17.4. The molecule has 0 radical (unpaired) electrons. The molecule has 30 heavy (non-hydrogen) atoms. The summed E-state index contributed by atoms with van der Waals surface area (Å²) >= 11 is 0. The lowest BCUT2D eigenvalue weighted by atomic mass is 9.91. The minimum Gasteiger partial charge on any atom is -0.481 e. The van der Waals surface area contributed by atoms with Crippen LogP contribution in [0.4, 0.5) is 0 Å². The van der Waals surface area contributed by atoms with Gasteiger partial charge in [-0.1, -0.05) is 0 Å². The molecule has 160 valence electrons. The number of carbonyl (C=O) groups excluding carboxylic acids is 1. The first kappa shape index (κ1) is 19.6. The molecule has 2 aliphatic heterocycles. The molecule has 2 unspecified atom stereocenters. The second-order valence-electron chi connectivity index (χ2n) is 8.69. The van der Waals surface area contributed by atoms with Crippen LogP contribution >= 0.6 is 0 Å². The number of amides is 1. The lowest BCUT2D eigenvalue weighted by Crippen LogP contribution is -2.56. The summed E-state index contributed by atoms with van der Waals surface area (Å²) in [4.78, 5) is 27.2. The Labute approximate surface area is 175 Å². The van der Waals surface area contributed by atoms with Crippen molar-refractivity contribution in [2.45, 2.75) is 50.7 Å². The maximum Gasteiger partial charge on any atom is 0.339 e. The van der Waals surface area contributed by atoms with E-state index in [2.05, 4.69) is 5.32 Å². The molecule has 2 fully saturated rings. The third-order valence-electron chi connectivity index (χ3n) is 6.62. The number of hydrogen-bond donors (Lipinski definition) is 1. The molecule has 7 heteroatoms. The van der Waals surface area contributed by atoms with Crippen molar-refractivity contribution in [1.82, 2.24) is 10.2 Å². The molecule has 1 spiro atoms. The summed E-state index contributed by atoms with van der Waals surface area (Å²) in [7, 11) is 0. The van der Waals surface area contributed by atoms with Gasteiger partial charge in [0.2, 0.25) is 0 Å². The van der Waals surface area contributed by atoms with Gasteiger partial charge in [0.1, 0.15) is 11.3 Å². The highest BCUT2D eigenvalue weighted by Gasteiger charge is 2.41. The Morgan fingerprint density at radius 3 is 2.90 bits per heavy atom. The van der Waals surface area contributed by atoms with Crippen LogP contribution in [-0.4, -0.2) is 55.3 Å². The summed E-state index contributed by atoms with van der Waals surface area (Å²) in [6.45, 7) is 5.18. The van der Waals surface area contributed by atoms with Crippen LogP contribution in [0.3, 0.4) is 0 Å². The monoisotopic (exact) mass is 412 g/mol. The molecule has 1 aliphatic carbocycles. The summed E-state index contributed by atoms with van der Waals surface area (Å²) in [5, 5.41) is 4.30. The van der Waals surface area contributed by atoms with Gasteiger partial charge in [-0.05, 0) is 63.3 Å². The smallest absolute Gasteiger partial charge is 0.339 e. The third-order valence-corrected chi connectivity index (χ3v) is 6.62. The Morgan fingerprint density at radius 2 is 2.10 bits per heavy atom. The van der Waals surface area contributed by atoms with Crippen LogP contribution in [0, 0.1) is 0 Å². The predicted octanol–water partition coefficient (Wildman–Crippen LogP) is 2.03. The van der Waals surface area contributed by atoms with E-state index in [1.165, 1.54) is 0 Å². The van der Waals surface area contributed by atoms with Crippen LogP contribution < -0.4 is 15.7 Å². The molecule has 2 aromatic rings. The van der Waals surface area contributed by atoms with E-state index >= 15 is 0 Å². The molecule has 5 rings (SSSR count). The van der Waals surface area contributed by atoms with Crippen molar-refractivity contribution in [1.29, 1.82) is 0 Å². The number of fused-ring (bicyclic) bond motifs is 3. The maximum absolute atomic E-state index is 13.0. The van der Waals surface area contributed by atoms with E-state index in [1.54, 1.807) is 13.0 Å². The average molecular weight is 412 g/mol. The van der Waals surface area contributed by atoms with E-state index in [9.17, 15) is 9.59 Å². The molecule has 3 aliphatic rings. The minimum absolute atomic E-state index is 0.0448. The number of ether oxygens (including phenoxy) is 2. The second-order valence-corrected chi connectivity index (χ2v) is 8.69. The number of hydrogen-bond acceptors (Lipinski definition) is 6. The Kier molecular flexibility index (Phi) is 5.03. The summed E-state index contributed by atoms with van der Waals surface area (Å²) < 4.78 is 17.5. The zero-order valence-corrected chi connectivity index (χ0v) is 17.4. The highest BCUT2D eigenvalue weighted by molar-refractivity contribution is 5.84. The first-order valence-electron chi connectivity index (χ1n) is 10.9. The average Bonchev–Trinajstić information content (AvgIpc) is 3.20. The van der Waals surface area contributed by atoms with Gasteiger partial charge in [-0.3, -0.25) is 4.79 Å². The van der Waals surface area contributed by atoms with Gasteiger partial charge in [-0.15, -0.1) is 0 Å². The van der Waals surface area contributed by atoms with Gasteiger partial charge < -0.3 is 24.1 Å². The number of morpholine rings is 1. The minimum atomic E-state index is -0.628. The van der Waals surface area contributed by atoms with Crippen molar-refractivity contribution >= 4 is 16.9 Å². The molecule has 1 aromatic carbocycles. The Bertz CT molecular complexity index is 1020. The summed E-state index contributed by atoms with van der Waals surface area (Å²) in [5.41, 5.74) is 1.93. The van der Waals surface area contributed by atoms with E-state index < -0.39 is 6.10 Å². The molecule has 0 saturated carbocycles. The van der Waals surface area contributed by atoms with E-state index in [-0.39, 0.29) is 17.1 Å². The number of aryl methyl sites for hydroxylation is 1. The Balaban J connectivity index is 1.33. The fourth-order valence-electron chi connectivity index (χ4n) is 5.02. The molecular formula is C23H28N2O5. The summed E-state index contributed by atoms with van der Waals surface area (Å²) in [5.74, 6) is 0.490. The molecule has 1 aromatic heterocycles. The van der Waals surface area contributed by atoms with Crippen LogP contribution in [0.1, 0.15) is 37.3 Å². The standard InChI is InChI=1S/C23H28N2O5/c1-15(21(26)25-10-11-28-23(14-25)8-9-24-13-23)29-16-6-7-18-17-4-2-3-5-19(17)22(27)30-20(18)12-16/h6-7,12,15,24H,2-5,8-11,13-14H2,1H3. The molecular weight excluding hydrogens is 384 g/mol. The first-order valence-corrected chi connectivity index (χ1v) is 10.9. The second kappa shape index (κ2) is 7.71. The van der Waals surface area contributed by atoms with Crippen LogP contribution in [0.5, 0.6) is 5.75 Å². The number of carbonyl (C=O) groups is 1. The van der Waals surface area contributed by atoms with Gasteiger partial charge in [-0.25, -0.2) is 4.79 Å². The van der Waals surface area contributed by atoms with Crippen LogP contribution in [0.15, 0.2) is 27.4 Å².